The van der Waals surface area contributed by atoms with Gasteiger partial charge in [-0.25, -0.2) is 4.98 Å². The van der Waals surface area contributed by atoms with E-state index >= 15 is 0 Å². The molecule has 0 aromatic carbocycles. The van der Waals surface area contributed by atoms with Gasteiger partial charge in [-0.1, -0.05) is 6.07 Å². The first kappa shape index (κ1) is 18.9. The fourth-order valence-electron chi connectivity index (χ4n) is 3.51. The van der Waals surface area contributed by atoms with Gasteiger partial charge in [-0.15, -0.1) is 0 Å². The summed E-state index contributed by atoms with van der Waals surface area (Å²) in [4.78, 5) is 16.0. The van der Waals surface area contributed by atoms with E-state index in [0.29, 0.717) is 5.92 Å². The maximum atomic E-state index is 5.47. The first-order valence-corrected chi connectivity index (χ1v) is 9.53. The van der Waals surface area contributed by atoms with Gasteiger partial charge < -0.3 is 24.8 Å². The van der Waals surface area contributed by atoms with Crippen LogP contribution < -0.4 is 10.2 Å². The SMILES string of the molecule is CN=C(NCc1ccc(N2CCN(C)CC2)nc1)N(C)CC1CCOC1. The highest BCUT2D eigenvalue weighted by Gasteiger charge is 2.19. The molecule has 0 radical (unpaired) electrons. The van der Waals surface area contributed by atoms with Crippen LogP contribution in [0.1, 0.15) is 12.0 Å². The van der Waals surface area contributed by atoms with E-state index in [1.807, 2.05) is 13.2 Å². The molecule has 7 nitrogen and oxygen atoms in total. The molecule has 2 saturated heterocycles. The Morgan fingerprint density at radius 1 is 1.35 bits per heavy atom. The minimum absolute atomic E-state index is 0.600. The summed E-state index contributed by atoms with van der Waals surface area (Å²) in [6.45, 7) is 7.73. The molecule has 2 fully saturated rings. The molecule has 144 valence electrons. The van der Waals surface area contributed by atoms with Gasteiger partial charge in [-0.3, -0.25) is 4.99 Å². The van der Waals surface area contributed by atoms with Crippen molar-refractivity contribution in [1.82, 2.24) is 20.1 Å². The standard InChI is InChI=1S/C19H32N6O/c1-20-19(24(3)14-17-6-11-26-15-17)22-13-16-4-5-18(21-12-16)25-9-7-23(2)8-10-25/h4-5,12,17H,6-11,13-15H2,1-3H3,(H,20,22). The van der Waals surface area contributed by atoms with Crippen LogP contribution in [0.15, 0.2) is 23.3 Å². The van der Waals surface area contributed by atoms with Crippen molar-refractivity contribution >= 4 is 11.8 Å². The molecule has 1 atom stereocenters. The maximum absolute atomic E-state index is 5.47. The highest BCUT2D eigenvalue weighted by molar-refractivity contribution is 5.79. The summed E-state index contributed by atoms with van der Waals surface area (Å²) < 4.78 is 5.47. The van der Waals surface area contributed by atoms with Gasteiger partial charge in [0.2, 0.25) is 0 Å². The van der Waals surface area contributed by atoms with Crippen molar-refractivity contribution in [3.63, 3.8) is 0 Å². The molecular weight excluding hydrogens is 328 g/mol. The highest BCUT2D eigenvalue weighted by atomic mass is 16.5. The smallest absolute Gasteiger partial charge is 0.193 e. The second kappa shape index (κ2) is 9.19. The number of nitrogens with one attached hydrogen (secondary N) is 1. The van der Waals surface area contributed by atoms with E-state index < -0.39 is 0 Å². The van der Waals surface area contributed by atoms with Crippen molar-refractivity contribution in [2.45, 2.75) is 13.0 Å². The van der Waals surface area contributed by atoms with Gasteiger partial charge in [0.15, 0.2) is 5.96 Å². The van der Waals surface area contributed by atoms with Crippen LogP contribution in [0, 0.1) is 5.92 Å². The summed E-state index contributed by atoms with van der Waals surface area (Å²) in [5, 5.41) is 3.44. The molecule has 0 aliphatic carbocycles. The number of rotatable bonds is 5. The molecule has 3 heterocycles. The molecule has 1 unspecified atom stereocenters. The van der Waals surface area contributed by atoms with Crippen LogP contribution >= 0.6 is 0 Å². The topological polar surface area (TPSA) is 56.2 Å². The van der Waals surface area contributed by atoms with E-state index in [1.54, 1.807) is 0 Å². The fraction of sp³-hybridized carbons (Fsp3) is 0.684. The minimum Gasteiger partial charge on any atom is -0.381 e. The summed E-state index contributed by atoms with van der Waals surface area (Å²) >= 11 is 0. The first-order valence-electron chi connectivity index (χ1n) is 9.53. The molecule has 2 aliphatic heterocycles. The second-order valence-electron chi connectivity index (χ2n) is 7.33. The molecule has 0 amide bonds. The van der Waals surface area contributed by atoms with Crippen molar-refractivity contribution in [2.24, 2.45) is 10.9 Å². The van der Waals surface area contributed by atoms with Crippen molar-refractivity contribution in [2.75, 3.05) is 72.0 Å². The molecule has 2 aliphatic rings. The zero-order chi connectivity index (χ0) is 18.4. The third kappa shape index (κ3) is 5.08. The average molecular weight is 361 g/mol. The lowest BCUT2D eigenvalue weighted by Crippen LogP contribution is -2.44. The number of piperazine rings is 1. The summed E-state index contributed by atoms with van der Waals surface area (Å²) in [5.74, 6) is 2.59. The average Bonchev–Trinajstić information content (AvgIpc) is 3.16. The molecule has 26 heavy (non-hydrogen) atoms. The summed E-state index contributed by atoms with van der Waals surface area (Å²) in [6.07, 6.45) is 3.11. The van der Waals surface area contributed by atoms with Crippen LogP contribution in [0.25, 0.3) is 0 Å². The second-order valence-corrected chi connectivity index (χ2v) is 7.33. The van der Waals surface area contributed by atoms with Crippen molar-refractivity contribution in [3.05, 3.63) is 23.9 Å². The van der Waals surface area contributed by atoms with E-state index in [0.717, 1.165) is 70.7 Å². The molecule has 3 rings (SSSR count). The Bertz CT molecular complexity index is 576. The van der Waals surface area contributed by atoms with Gasteiger partial charge in [0.05, 0.1) is 6.61 Å². The van der Waals surface area contributed by atoms with Gasteiger partial charge in [-0.2, -0.15) is 0 Å². The van der Waals surface area contributed by atoms with Gasteiger partial charge in [0.1, 0.15) is 5.82 Å². The molecular formula is C19H32N6O. The van der Waals surface area contributed by atoms with Gasteiger partial charge in [0.25, 0.3) is 0 Å². The highest BCUT2D eigenvalue weighted by Crippen LogP contribution is 2.14. The van der Waals surface area contributed by atoms with Crippen LogP contribution in [-0.2, 0) is 11.3 Å². The number of aliphatic imine (C=N–C) groups is 1. The predicted molar refractivity (Wildman–Crippen MR) is 106 cm³/mol. The van der Waals surface area contributed by atoms with Crippen molar-refractivity contribution in [3.8, 4) is 0 Å². The predicted octanol–water partition coefficient (Wildman–Crippen LogP) is 0.877. The number of aromatic nitrogens is 1. The van der Waals surface area contributed by atoms with E-state index in [9.17, 15) is 0 Å². The van der Waals surface area contributed by atoms with E-state index in [1.165, 1.54) is 5.56 Å². The number of nitrogens with zero attached hydrogens (tertiary/aromatic N) is 5. The first-order chi connectivity index (χ1) is 12.7. The Hall–Kier alpha value is -1.86. The van der Waals surface area contributed by atoms with Crippen molar-refractivity contribution < 1.29 is 4.74 Å². The Labute approximate surface area is 157 Å². The van der Waals surface area contributed by atoms with E-state index in [-0.39, 0.29) is 0 Å². The van der Waals surface area contributed by atoms with Crippen LogP contribution in [0.5, 0.6) is 0 Å². The number of likely N-dealkylation sites (N-methyl/N-ethyl adjacent to an activating group) is 1. The lowest BCUT2D eigenvalue weighted by molar-refractivity contribution is 0.181. The normalized spacial score (nSPS) is 21.9. The van der Waals surface area contributed by atoms with Gasteiger partial charge in [-0.05, 0) is 25.1 Å². The quantitative estimate of drug-likeness (QED) is 0.621. The van der Waals surface area contributed by atoms with Crippen LogP contribution in [0.2, 0.25) is 0 Å². The van der Waals surface area contributed by atoms with Crippen molar-refractivity contribution in [1.29, 1.82) is 0 Å². The number of ether oxygens (including phenoxy) is 1. The number of pyridine rings is 1. The minimum atomic E-state index is 0.600. The van der Waals surface area contributed by atoms with Crippen LogP contribution in [0.3, 0.4) is 0 Å². The Morgan fingerprint density at radius 2 is 2.15 bits per heavy atom. The van der Waals surface area contributed by atoms with E-state index in [2.05, 4.69) is 56.2 Å². The zero-order valence-corrected chi connectivity index (χ0v) is 16.3. The lowest BCUT2D eigenvalue weighted by atomic mass is 10.1. The maximum Gasteiger partial charge on any atom is 0.193 e. The zero-order valence-electron chi connectivity index (χ0n) is 16.3. The summed E-state index contributed by atoms with van der Waals surface area (Å²) in [7, 11) is 6.09. The Morgan fingerprint density at radius 3 is 2.77 bits per heavy atom. The van der Waals surface area contributed by atoms with Gasteiger partial charge >= 0.3 is 0 Å². The molecule has 0 saturated carbocycles. The van der Waals surface area contributed by atoms with Crippen LogP contribution in [0.4, 0.5) is 5.82 Å². The van der Waals surface area contributed by atoms with Gasteiger partial charge in [0, 0.05) is 72.1 Å². The summed E-state index contributed by atoms with van der Waals surface area (Å²) in [5.41, 5.74) is 1.17. The lowest BCUT2D eigenvalue weighted by Gasteiger charge is -2.33. The summed E-state index contributed by atoms with van der Waals surface area (Å²) in [6, 6.07) is 4.29. The third-order valence-electron chi connectivity index (χ3n) is 5.22. The molecule has 0 spiro atoms. The Kier molecular flexibility index (Phi) is 6.68. The molecule has 0 bridgehead atoms. The fourth-order valence-corrected chi connectivity index (χ4v) is 3.51. The third-order valence-corrected chi connectivity index (χ3v) is 5.22. The number of hydrogen-bond donors (Lipinski definition) is 1. The van der Waals surface area contributed by atoms with Crippen LogP contribution in [-0.4, -0.2) is 87.8 Å². The Balaban J connectivity index is 1.48. The monoisotopic (exact) mass is 360 g/mol. The van der Waals surface area contributed by atoms with E-state index in [4.69, 9.17) is 4.74 Å². The number of guanidine groups is 1. The number of hydrogen-bond acceptors (Lipinski definition) is 5. The molecule has 1 aromatic heterocycles. The molecule has 7 heteroatoms. The molecule has 1 aromatic rings. The molecule has 1 N–H and O–H groups in total. The largest absolute Gasteiger partial charge is 0.381 e. The number of anilines is 1.